The summed E-state index contributed by atoms with van der Waals surface area (Å²) < 4.78 is 4.71. The predicted molar refractivity (Wildman–Crippen MR) is 39.6 cm³/mol. The third-order valence-electron chi connectivity index (χ3n) is 0.965. The first-order valence-corrected chi connectivity index (χ1v) is 3.39. The molecule has 1 amide bonds. The number of nitrogens with one attached hydrogen (secondary N) is 1. The number of amides is 1. The molecule has 0 unspecified atom stereocenters. The van der Waals surface area contributed by atoms with Gasteiger partial charge in [-0.05, 0) is 0 Å². The summed E-state index contributed by atoms with van der Waals surface area (Å²) in [5.74, 6) is -0.340. The molecule has 0 aliphatic carbocycles. The summed E-state index contributed by atoms with van der Waals surface area (Å²) in [5, 5.41) is 0. The monoisotopic (exact) mass is 162 g/mol. The number of rotatable bonds is 7. The van der Waals surface area contributed by atoms with Crippen molar-refractivity contribution in [3.05, 3.63) is 0 Å². The van der Waals surface area contributed by atoms with Crippen molar-refractivity contribution in [2.24, 2.45) is 5.73 Å². The fraction of sp³-hybridized carbons (Fsp3) is 0.833. The highest BCUT2D eigenvalue weighted by Gasteiger charge is 1.92. The van der Waals surface area contributed by atoms with Crippen LogP contribution in [0.4, 0.5) is 0 Å². The zero-order chi connectivity index (χ0) is 8.53. The second-order valence-corrected chi connectivity index (χ2v) is 1.95. The highest BCUT2D eigenvalue weighted by atomic mass is 16.7. The number of carbonyl (C=O) groups is 1. The van der Waals surface area contributed by atoms with Gasteiger partial charge in [-0.1, -0.05) is 0 Å². The van der Waals surface area contributed by atoms with Crippen molar-refractivity contribution in [3.8, 4) is 0 Å². The Hall–Kier alpha value is -0.650. The molecule has 11 heavy (non-hydrogen) atoms. The van der Waals surface area contributed by atoms with Crippen molar-refractivity contribution in [2.45, 2.75) is 6.42 Å². The van der Waals surface area contributed by atoms with Gasteiger partial charge in [0, 0.05) is 20.1 Å². The van der Waals surface area contributed by atoms with Crippen LogP contribution in [0.5, 0.6) is 0 Å². The average molecular weight is 162 g/mol. The Morgan fingerprint density at radius 1 is 1.55 bits per heavy atom. The van der Waals surface area contributed by atoms with Gasteiger partial charge in [0.2, 0.25) is 5.91 Å². The molecule has 0 heterocycles. The molecule has 0 aliphatic heterocycles. The number of hydroxylamine groups is 1. The van der Waals surface area contributed by atoms with Gasteiger partial charge in [0.05, 0.1) is 13.2 Å². The Morgan fingerprint density at radius 3 is 2.82 bits per heavy atom. The first kappa shape index (κ1) is 10.3. The summed E-state index contributed by atoms with van der Waals surface area (Å²) in [4.78, 5) is 15.0. The molecule has 0 radical (unpaired) electrons. The molecule has 0 aromatic rings. The maximum absolute atomic E-state index is 10.2. The minimum atomic E-state index is -0.340. The molecule has 0 bridgehead atoms. The molecule has 0 saturated carbocycles. The molecule has 5 nitrogen and oxygen atoms in total. The number of nitrogens with two attached hydrogens (primary N) is 1. The molecule has 0 rings (SSSR count). The molecular formula is C6H14N2O3. The normalized spacial score (nSPS) is 9.91. The zero-order valence-corrected chi connectivity index (χ0v) is 6.63. The van der Waals surface area contributed by atoms with E-state index in [2.05, 4.69) is 5.48 Å². The summed E-state index contributed by atoms with van der Waals surface area (Å²) in [7, 11) is 1.59. The van der Waals surface area contributed by atoms with E-state index in [4.69, 9.17) is 15.3 Å². The van der Waals surface area contributed by atoms with Crippen LogP contribution >= 0.6 is 0 Å². The van der Waals surface area contributed by atoms with Crippen molar-refractivity contribution < 1.29 is 14.4 Å². The number of carbonyl (C=O) groups excluding carboxylic acids is 1. The molecular weight excluding hydrogens is 148 g/mol. The van der Waals surface area contributed by atoms with E-state index in [-0.39, 0.29) is 12.3 Å². The lowest BCUT2D eigenvalue weighted by Crippen LogP contribution is -2.23. The maximum Gasteiger partial charge on any atom is 0.218 e. The summed E-state index contributed by atoms with van der Waals surface area (Å²) in [6.07, 6.45) is 0.285. The molecule has 0 atom stereocenters. The fourth-order valence-corrected chi connectivity index (χ4v) is 0.444. The number of methoxy groups -OCH3 is 1. The molecule has 0 aromatic heterocycles. The quantitative estimate of drug-likeness (QED) is 0.373. The van der Waals surface area contributed by atoms with Crippen molar-refractivity contribution in [1.29, 1.82) is 0 Å². The van der Waals surface area contributed by atoms with Gasteiger partial charge in [-0.3, -0.25) is 9.63 Å². The highest BCUT2D eigenvalue weighted by molar-refractivity contribution is 5.73. The van der Waals surface area contributed by atoms with Crippen LogP contribution in [0, 0.1) is 0 Å². The molecule has 0 saturated heterocycles. The number of hydrogen-bond donors (Lipinski definition) is 2. The minimum absolute atomic E-state index is 0.285. The van der Waals surface area contributed by atoms with Gasteiger partial charge in [-0.25, -0.2) is 5.48 Å². The fourth-order valence-electron chi connectivity index (χ4n) is 0.444. The second-order valence-electron chi connectivity index (χ2n) is 1.95. The van der Waals surface area contributed by atoms with Crippen molar-refractivity contribution in [2.75, 3.05) is 26.9 Å². The lowest BCUT2D eigenvalue weighted by atomic mass is 10.4. The van der Waals surface area contributed by atoms with E-state index in [1.54, 1.807) is 7.11 Å². The molecule has 66 valence electrons. The summed E-state index contributed by atoms with van der Waals surface area (Å²) in [6, 6.07) is 0. The van der Waals surface area contributed by atoms with E-state index in [1.165, 1.54) is 0 Å². The summed E-state index contributed by atoms with van der Waals surface area (Å²) in [5.41, 5.74) is 7.44. The van der Waals surface area contributed by atoms with Gasteiger partial charge in [0.1, 0.15) is 0 Å². The molecule has 0 aromatic carbocycles. The Bertz CT molecular complexity index is 108. The van der Waals surface area contributed by atoms with Gasteiger partial charge in [0.25, 0.3) is 0 Å². The van der Waals surface area contributed by atoms with Crippen LogP contribution in [-0.2, 0) is 14.4 Å². The van der Waals surface area contributed by atoms with Crippen LogP contribution in [0.3, 0.4) is 0 Å². The van der Waals surface area contributed by atoms with Crippen molar-refractivity contribution >= 4 is 5.91 Å². The topological polar surface area (TPSA) is 73.6 Å². The SMILES string of the molecule is COCCONCCC(N)=O. The lowest BCUT2D eigenvalue weighted by Gasteiger charge is -2.02. The van der Waals surface area contributed by atoms with Crippen molar-refractivity contribution in [3.63, 3.8) is 0 Å². The zero-order valence-electron chi connectivity index (χ0n) is 6.63. The molecule has 5 heteroatoms. The molecule has 0 spiro atoms. The van der Waals surface area contributed by atoms with Crippen LogP contribution in [-0.4, -0.2) is 32.8 Å². The summed E-state index contributed by atoms with van der Waals surface area (Å²) in [6.45, 7) is 1.44. The third kappa shape index (κ3) is 9.35. The van der Waals surface area contributed by atoms with E-state index >= 15 is 0 Å². The van der Waals surface area contributed by atoms with Gasteiger partial charge in [0.15, 0.2) is 0 Å². The van der Waals surface area contributed by atoms with E-state index in [9.17, 15) is 4.79 Å². The van der Waals surface area contributed by atoms with Crippen molar-refractivity contribution in [1.82, 2.24) is 5.48 Å². The lowest BCUT2D eigenvalue weighted by molar-refractivity contribution is -0.118. The summed E-state index contributed by atoms with van der Waals surface area (Å²) >= 11 is 0. The molecule has 3 N–H and O–H groups in total. The maximum atomic E-state index is 10.2. The van der Waals surface area contributed by atoms with Crippen LogP contribution in [0.2, 0.25) is 0 Å². The number of hydrogen-bond acceptors (Lipinski definition) is 4. The number of primary amides is 1. The first-order valence-electron chi connectivity index (χ1n) is 3.39. The van der Waals surface area contributed by atoms with Gasteiger partial charge >= 0.3 is 0 Å². The second kappa shape index (κ2) is 7.46. The van der Waals surface area contributed by atoms with E-state index in [0.29, 0.717) is 19.8 Å². The Kier molecular flexibility index (Phi) is 7.02. The van der Waals surface area contributed by atoms with E-state index in [1.807, 2.05) is 0 Å². The Balaban J connectivity index is 2.85. The average Bonchev–Trinajstić information content (AvgIpc) is 1.96. The van der Waals surface area contributed by atoms with E-state index in [0.717, 1.165) is 0 Å². The standard InChI is InChI=1S/C6H14N2O3/c1-10-4-5-11-8-3-2-6(7)9/h8H,2-5H2,1H3,(H2,7,9). The van der Waals surface area contributed by atoms with Gasteiger partial charge < -0.3 is 10.5 Å². The van der Waals surface area contributed by atoms with Crippen LogP contribution in [0.1, 0.15) is 6.42 Å². The smallest absolute Gasteiger partial charge is 0.218 e. The molecule has 0 aliphatic rings. The first-order chi connectivity index (χ1) is 5.27. The molecule has 0 fully saturated rings. The van der Waals surface area contributed by atoms with Crippen LogP contribution < -0.4 is 11.2 Å². The Labute approximate surface area is 65.8 Å². The van der Waals surface area contributed by atoms with Gasteiger partial charge in [-0.2, -0.15) is 0 Å². The largest absolute Gasteiger partial charge is 0.382 e. The Morgan fingerprint density at radius 2 is 2.27 bits per heavy atom. The number of ether oxygens (including phenoxy) is 1. The van der Waals surface area contributed by atoms with Crippen LogP contribution in [0.25, 0.3) is 0 Å². The van der Waals surface area contributed by atoms with E-state index < -0.39 is 0 Å². The third-order valence-corrected chi connectivity index (χ3v) is 0.965. The highest BCUT2D eigenvalue weighted by Crippen LogP contribution is 1.74. The van der Waals surface area contributed by atoms with Crippen LogP contribution in [0.15, 0.2) is 0 Å². The minimum Gasteiger partial charge on any atom is -0.382 e. The van der Waals surface area contributed by atoms with Gasteiger partial charge in [-0.15, -0.1) is 0 Å². The predicted octanol–water partition coefficient (Wildman–Crippen LogP) is -0.971.